The summed E-state index contributed by atoms with van der Waals surface area (Å²) >= 11 is 0. The molecule has 1 aliphatic rings. The third kappa shape index (κ3) is 4.65. The first-order valence-corrected chi connectivity index (χ1v) is 9.06. The molecule has 2 atom stereocenters. The number of oxime groups is 1. The normalized spacial score (nSPS) is 18.7. The lowest BCUT2D eigenvalue weighted by Crippen LogP contribution is -2.37. The zero-order chi connectivity index (χ0) is 19.4. The fraction of sp³-hybridized carbons (Fsp3) is 0.333. The van der Waals surface area contributed by atoms with E-state index in [9.17, 15) is 4.79 Å². The van der Waals surface area contributed by atoms with Crippen molar-refractivity contribution in [2.24, 2.45) is 16.9 Å². The molecule has 0 aromatic heterocycles. The Morgan fingerprint density at radius 3 is 2.70 bits per heavy atom. The third-order valence-corrected chi connectivity index (χ3v) is 4.94. The van der Waals surface area contributed by atoms with Crippen LogP contribution in [-0.2, 0) is 11.4 Å². The van der Waals surface area contributed by atoms with E-state index in [4.69, 9.17) is 10.7 Å². The number of nitrogens with one attached hydrogen (secondary N) is 1. The van der Waals surface area contributed by atoms with Crippen molar-refractivity contribution in [2.75, 3.05) is 12.4 Å². The molecule has 142 valence electrons. The molecule has 0 spiro atoms. The smallest absolute Gasteiger partial charge is 0.335 e. The minimum Gasteiger partial charge on any atom is -0.391 e. The lowest BCUT2D eigenvalue weighted by atomic mass is 10.1. The monoisotopic (exact) mass is 366 g/mol. The molecule has 1 aliphatic carbocycles. The van der Waals surface area contributed by atoms with Gasteiger partial charge in [-0.3, -0.25) is 5.01 Å². The number of carbonyl (C=O) groups is 1. The Morgan fingerprint density at radius 2 is 2.00 bits per heavy atom. The van der Waals surface area contributed by atoms with E-state index >= 15 is 0 Å². The average Bonchev–Trinajstić information content (AvgIpc) is 3.45. The van der Waals surface area contributed by atoms with E-state index in [1.807, 2.05) is 38.1 Å². The lowest BCUT2D eigenvalue weighted by molar-refractivity contribution is 0.129. The Kier molecular flexibility index (Phi) is 5.76. The maximum Gasteiger partial charge on any atom is 0.335 e. The van der Waals surface area contributed by atoms with Gasteiger partial charge in [-0.15, -0.1) is 0 Å². The number of rotatable bonds is 6. The Hall–Kier alpha value is -2.86. The second-order valence-corrected chi connectivity index (χ2v) is 7.01. The van der Waals surface area contributed by atoms with Crippen molar-refractivity contribution in [3.63, 3.8) is 0 Å². The predicted molar refractivity (Wildman–Crippen MR) is 107 cm³/mol. The van der Waals surface area contributed by atoms with Crippen molar-refractivity contribution >= 4 is 17.4 Å². The quantitative estimate of drug-likeness (QED) is 0.351. The number of hydrogen-bond donors (Lipinski definition) is 2. The summed E-state index contributed by atoms with van der Waals surface area (Å²) in [5.74, 6) is 6.45. The molecule has 3 N–H and O–H groups in total. The van der Waals surface area contributed by atoms with Crippen molar-refractivity contribution in [3.05, 3.63) is 65.2 Å². The van der Waals surface area contributed by atoms with Gasteiger partial charge in [-0.25, -0.2) is 10.6 Å². The van der Waals surface area contributed by atoms with Gasteiger partial charge in [0.1, 0.15) is 6.61 Å². The topological polar surface area (TPSA) is 80.0 Å². The van der Waals surface area contributed by atoms with Crippen LogP contribution in [0.15, 0.2) is 53.7 Å². The largest absolute Gasteiger partial charge is 0.391 e. The number of hydrazine groups is 1. The van der Waals surface area contributed by atoms with Crippen LogP contribution in [0.5, 0.6) is 0 Å². The van der Waals surface area contributed by atoms with Gasteiger partial charge in [-0.2, -0.15) is 0 Å². The summed E-state index contributed by atoms with van der Waals surface area (Å²) in [5.41, 5.74) is 4.95. The Balaban J connectivity index is 1.62. The molecule has 6 heteroatoms. The van der Waals surface area contributed by atoms with Crippen molar-refractivity contribution in [2.45, 2.75) is 32.8 Å². The van der Waals surface area contributed by atoms with Crippen LogP contribution in [0.2, 0.25) is 0 Å². The van der Waals surface area contributed by atoms with Crippen LogP contribution in [0, 0.1) is 12.8 Å². The summed E-state index contributed by atoms with van der Waals surface area (Å²) in [6.07, 6.45) is 1.11. The van der Waals surface area contributed by atoms with Crippen LogP contribution in [0.25, 0.3) is 0 Å². The maximum absolute atomic E-state index is 11.8. The SMILES string of the molecule is C/C(=N\OCc1c(C)cccc1NC(=O)N(C)N)C1CC1c1ccccc1. The van der Waals surface area contributed by atoms with Crippen LogP contribution in [0.3, 0.4) is 0 Å². The van der Waals surface area contributed by atoms with Gasteiger partial charge in [0.05, 0.1) is 5.71 Å². The fourth-order valence-electron chi connectivity index (χ4n) is 3.21. The van der Waals surface area contributed by atoms with E-state index in [0.29, 0.717) is 17.5 Å². The number of aryl methyl sites for hydroxylation is 1. The zero-order valence-electron chi connectivity index (χ0n) is 16.0. The number of urea groups is 1. The minimum absolute atomic E-state index is 0.288. The standard InChI is InChI=1S/C21H26N4O2/c1-14-8-7-11-20(23-21(26)25(3)22)19(14)13-27-24-15(2)17-12-18(17)16-9-5-4-6-10-16/h4-11,17-18H,12-13,22H2,1-3H3,(H,23,26)/b24-15+. The Bertz CT molecular complexity index is 833. The Morgan fingerprint density at radius 1 is 1.26 bits per heavy atom. The molecule has 2 aromatic carbocycles. The molecule has 2 amide bonds. The van der Waals surface area contributed by atoms with E-state index in [1.54, 1.807) is 0 Å². The second-order valence-electron chi connectivity index (χ2n) is 7.01. The highest BCUT2D eigenvalue weighted by molar-refractivity contribution is 5.90. The van der Waals surface area contributed by atoms with E-state index in [2.05, 4.69) is 34.7 Å². The first-order chi connectivity index (χ1) is 13.0. The zero-order valence-corrected chi connectivity index (χ0v) is 16.0. The summed E-state index contributed by atoms with van der Waals surface area (Å²) < 4.78 is 0. The molecule has 2 unspecified atom stereocenters. The van der Waals surface area contributed by atoms with Gasteiger partial charge in [-0.1, -0.05) is 47.6 Å². The van der Waals surface area contributed by atoms with Crippen molar-refractivity contribution in [1.82, 2.24) is 5.01 Å². The molecule has 0 radical (unpaired) electrons. The number of anilines is 1. The molecule has 0 saturated heterocycles. The van der Waals surface area contributed by atoms with Crippen LogP contribution in [0.1, 0.15) is 36.0 Å². The van der Waals surface area contributed by atoms with Gasteiger partial charge in [0.15, 0.2) is 0 Å². The molecular formula is C21H26N4O2. The van der Waals surface area contributed by atoms with Gasteiger partial charge in [0.2, 0.25) is 0 Å². The van der Waals surface area contributed by atoms with Gasteiger partial charge < -0.3 is 10.2 Å². The van der Waals surface area contributed by atoms with E-state index in [-0.39, 0.29) is 12.6 Å². The molecule has 3 rings (SSSR count). The fourth-order valence-corrected chi connectivity index (χ4v) is 3.21. The highest BCUT2D eigenvalue weighted by atomic mass is 16.6. The van der Waals surface area contributed by atoms with Crippen molar-refractivity contribution in [3.8, 4) is 0 Å². The highest BCUT2D eigenvalue weighted by Crippen LogP contribution is 2.48. The second kappa shape index (κ2) is 8.22. The number of carbonyl (C=O) groups excluding carboxylic acids is 1. The van der Waals surface area contributed by atoms with Gasteiger partial charge in [0, 0.05) is 24.2 Å². The van der Waals surface area contributed by atoms with Crippen LogP contribution in [0.4, 0.5) is 10.5 Å². The summed E-state index contributed by atoms with van der Waals surface area (Å²) in [5, 5.41) is 8.11. The third-order valence-electron chi connectivity index (χ3n) is 4.94. The molecular weight excluding hydrogens is 340 g/mol. The lowest BCUT2D eigenvalue weighted by Gasteiger charge is -2.16. The molecule has 27 heavy (non-hydrogen) atoms. The van der Waals surface area contributed by atoms with E-state index in [1.165, 1.54) is 12.6 Å². The van der Waals surface area contributed by atoms with Gasteiger partial charge >= 0.3 is 6.03 Å². The van der Waals surface area contributed by atoms with Crippen LogP contribution >= 0.6 is 0 Å². The first kappa shape index (κ1) is 18.9. The van der Waals surface area contributed by atoms with E-state index in [0.717, 1.165) is 28.3 Å². The molecule has 0 bridgehead atoms. The molecule has 0 heterocycles. The van der Waals surface area contributed by atoms with Crippen LogP contribution < -0.4 is 11.2 Å². The first-order valence-electron chi connectivity index (χ1n) is 9.06. The molecule has 6 nitrogen and oxygen atoms in total. The summed E-state index contributed by atoms with van der Waals surface area (Å²) in [6, 6.07) is 15.8. The molecule has 1 fully saturated rings. The minimum atomic E-state index is -0.384. The summed E-state index contributed by atoms with van der Waals surface area (Å²) in [6.45, 7) is 4.28. The number of nitrogens with two attached hydrogens (primary N) is 1. The van der Waals surface area contributed by atoms with Crippen molar-refractivity contribution in [1.29, 1.82) is 0 Å². The number of hydrogen-bond acceptors (Lipinski definition) is 4. The highest BCUT2D eigenvalue weighted by Gasteiger charge is 2.40. The number of amides is 2. The van der Waals surface area contributed by atoms with Gasteiger partial charge in [0.25, 0.3) is 0 Å². The molecule has 2 aromatic rings. The molecule has 1 saturated carbocycles. The maximum atomic E-state index is 11.8. The predicted octanol–water partition coefficient (Wildman–Crippen LogP) is 4.03. The number of benzene rings is 2. The molecule has 0 aliphatic heterocycles. The van der Waals surface area contributed by atoms with Crippen molar-refractivity contribution < 1.29 is 9.63 Å². The Labute approximate surface area is 160 Å². The van der Waals surface area contributed by atoms with Crippen LogP contribution in [-0.4, -0.2) is 23.8 Å². The number of nitrogens with zero attached hydrogens (tertiary/aromatic N) is 2. The average molecular weight is 366 g/mol. The summed E-state index contributed by atoms with van der Waals surface area (Å²) in [4.78, 5) is 17.5. The van der Waals surface area contributed by atoms with E-state index < -0.39 is 0 Å². The summed E-state index contributed by atoms with van der Waals surface area (Å²) in [7, 11) is 1.49. The van der Waals surface area contributed by atoms with Gasteiger partial charge in [-0.05, 0) is 43.4 Å².